The van der Waals surface area contributed by atoms with Gasteiger partial charge in [-0.15, -0.1) is 0 Å². The maximum Gasteiger partial charge on any atom is 0.101 e. The lowest BCUT2D eigenvalue weighted by Crippen LogP contribution is -2.35. The van der Waals surface area contributed by atoms with Crippen LogP contribution in [0.15, 0.2) is 50.9 Å². The first-order valence-corrected chi connectivity index (χ1v) is 8.66. The van der Waals surface area contributed by atoms with Crippen LogP contribution in [0.2, 0.25) is 5.02 Å². The normalized spacial score (nSPS) is 11.7. The van der Waals surface area contributed by atoms with E-state index in [2.05, 4.69) is 53.1 Å². The van der Waals surface area contributed by atoms with E-state index in [1.54, 1.807) is 18.0 Å². The molecule has 1 N–H and O–H groups in total. The predicted octanol–water partition coefficient (Wildman–Crippen LogP) is 5.54. The van der Waals surface area contributed by atoms with Crippen molar-refractivity contribution in [2.45, 2.75) is 42.8 Å². The van der Waals surface area contributed by atoms with Crippen LogP contribution < -0.4 is 5.32 Å². The van der Waals surface area contributed by atoms with Crippen molar-refractivity contribution in [1.82, 2.24) is 10.3 Å². The number of nitrogens with one attached hydrogen (secondary N) is 1. The van der Waals surface area contributed by atoms with Crippen molar-refractivity contribution in [3.8, 4) is 0 Å². The average molecular weight is 386 g/mol. The molecular weight excluding hydrogens is 368 g/mol. The van der Waals surface area contributed by atoms with Crippen LogP contribution in [-0.2, 0) is 6.54 Å². The molecule has 0 aliphatic heterocycles. The van der Waals surface area contributed by atoms with Gasteiger partial charge in [0.05, 0.1) is 0 Å². The first kappa shape index (κ1) is 16.8. The average Bonchev–Trinajstić information content (AvgIpc) is 2.39. The molecule has 1 aromatic heterocycles. The topological polar surface area (TPSA) is 24.9 Å². The van der Waals surface area contributed by atoms with Crippen LogP contribution in [0.1, 0.15) is 26.3 Å². The van der Waals surface area contributed by atoms with Crippen LogP contribution in [0.4, 0.5) is 0 Å². The van der Waals surface area contributed by atoms with Crippen LogP contribution in [-0.4, -0.2) is 10.5 Å². The Balaban J connectivity index is 2.22. The highest BCUT2D eigenvalue weighted by molar-refractivity contribution is 9.10. The Morgan fingerprint density at radius 2 is 2.00 bits per heavy atom. The van der Waals surface area contributed by atoms with Gasteiger partial charge < -0.3 is 5.32 Å². The fourth-order valence-electron chi connectivity index (χ4n) is 1.69. The Morgan fingerprint density at radius 3 is 2.62 bits per heavy atom. The fourth-order valence-corrected chi connectivity index (χ4v) is 3.15. The van der Waals surface area contributed by atoms with Crippen molar-refractivity contribution in [2.24, 2.45) is 0 Å². The molecule has 112 valence electrons. The second kappa shape index (κ2) is 7.14. The van der Waals surface area contributed by atoms with Gasteiger partial charge in [0, 0.05) is 32.7 Å². The summed E-state index contributed by atoms with van der Waals surface area (Å²) in [5.74, 6) is 0. The molecule has 0 atom stereocenters. The summed E-state index contributed by atoms with van der Waals surface area (Å²) < 4.78 is 0.979. The van der Waals surface area contributed by atoms with Crippen molar-refractivity contribution in [3.63, 3.8) is 0 Å². The Morgan fingerprint density at radius 1 is 1.24 bits per heavy atom. The molecule has 2 rings (SSSR count). The molecule has 0 amide bonds. The zero-order valence-electron chi connectivity index (χ0n) is 12.3. The van der Waals surface area contributed by atoms with Gasteiger partial charge in [-0.25, -0.2) is 4.98 Å². The summed E-state index contributed by atoms with van der Waals surface area (Å²) >= 11 is 11.4. The molecule has 0 bridgehead atoms. The summed E-state index contributed by atoms with van der Waals surface area (Å²) in [5.41, 5.74) is 1.17. The molecule has 0 saturated heterocycles. The number of pyridine rings is 1. The lowest BCUT2D eigenvalue weighted by Gasteiger charge is -2.22. The second-order valence-electron chi connectivity index (χ2n) is 5.74. The zero-order chi connectivity index (χ0) is 15.5. The molecule has 0 unspecified atom stereocenters. The highest BCUT2D eigenvalue weighted by Crippen LogP contribution is 2.33. The maximum absolute atomic E-state index is 6.37. The molecule has 0 fully saturated rings. The number of hydrogen-bond donors (Lipinski definition) is 1. The molecule has 0 aliphatic rings. The molecule has 0 saturated carbocycles. The minimum atomic E-state index is 0.0525. The summed E-state index contributed by atoms with van der Waals surface area (Å²) in [6, 6.07) is 9.98. The largest absolute Gasteiger partial charge is 0.308 e. The van der Waals surface area contributed by atoms with E-state index in [0.29, 0.717) is 0 Å². The molecule has 0 radical (unpaired) electrons. The van der Waals surface area contributed by atoms with Crippen molar-refractivity contribution >= 4 is 39.3 Å². The third-order valence-electron chi connectivity index (χ3n) is 2.79. The van der Waals surface area contributed by atoms with Gasteiger partial charge in [-0.3, -0.25) is 0 Å². The van der Waals surface area contributed by atoms with Crippen LogP contribution in [0.5, 0.6) is 0 Å². The number of halogens is 2. The first-order valence-electron chi connectivity index (χ1n) is 6.67. The van der Waals surface area contributed by atoms with Gasteiger partial charge in [0.1, 0.15) is 5.03 Å². The third kappa shape index (κ3) is 5.29. The van der Waals surface area contributed by atoms with Gasteiger partial charge in [-0.05, 0) is 66.5 Å². The van der Waals surface area contributed by atoms with E-state index in [1.165, 1.54) is 0 Å². The first-order chi connectivity index (χ1) is 9.85. The van der Waals surface area contributed by atoms with E-state index < -0.39 is 0 Å². The van der Waals surface area contributed by atoms with Gasteiger partial charge in [-0.2, -0.15) is 0 Å². The number of hydrogen-bond acceptors (Lipinski definition) is 3. The Labute approximate surface area is 143 Å². The van der Waals surface area contributed by atoms with Gasteiger partial charge in [0.15, 0.2) is 0 Å². The van der Waals surface area contributed by atoms with Crippen molar-refractivity contribution < 1.29 is 0 Å². The molecular formula is C16H18BrClN2S. The molecule has 0 spiro atoms. The Bertz CT molecular complexity index is 609. The minimum Gasteiger partial charge on any atom is -0.308 e. The summed E-state index contributed by atoms with van der Waals surface area (Å²) in [7, 11) is 0. The lowest BCUT2D eigenvalue weighted by molar-refractivity contribution is 0.422. The highest BCUT2D eigenvalue weighted by Gasteiger charge is 2.13. The van der Waals surface area contributed by atoms with E-state index in [1.807, 2.05) is 24.3 Å². The molecule has 1 aromatic carbocycles. The molecule has 2 nitrogen and oxygen atoms in total. The second-order valence-corrected chi connectivity index (χ2v) is 8.12. The van der Waals surface area contributed by atoms with E-state index in [-0.39, 0.29) is 5.54 Å². The van der Waals surface area contributed by atoms with Crippen LogP contribution in [0, 0.1) is 0 Å². The number of aromatic nitrogens is 1. The number of benzene rings is 1. The molecule has 1 heterocycles. The monoisotopic (exact) mass is 384 g/mol. The van der Waals surface area contributed by atoms with Gasteiger partial charge in [0.2, 0.25) is 0 Å². The summed E-state index contributed by atoms with van der Waals surface area (Å²) in [5, 5.41) is 5.23. The SMILES string of the molecule is CC(C)(C)NCc1c(Cl)cccc1Sc1ccc(Br)cn1. The Hall–Kier alpha value is -0.550. The molecule has 2 aromatic rings. The summed E-state index contributed by atoms with van der Waals surface area (Å²) in [6.45, 7) is 7.18. The fraction of sp³-hybridized carbons (Fsp3) is 0.312. The summed E-state index contributed by atoms with van der Waals surface area (Å²) in [6.07, 6.45) is 1.81. The predicted molar refractivity (Wildman–Crippen MR) is 94.1 cm³/mol. The molecule has 0 aliphatic carbocycles. The van der Waals surface area contributed by atoms with E-state index in [4.69, 9.17) is 11.6 Å². The molecule has 5 heteroatoms. The number of nitrogens with zero attached hydrogens (tertiary/aromatic N) is 1. The van der Waals surface area contributed by atoms with E-state index in [0.717, 1.165) is 31.5 Å². The van der Waals surface area contributed by atoms with E-state index in [9.17, 15) is 0 Å². The standard InChI is InChI=1S/C16H18BrClN2S/c1-16(2,3)20-10-12-13(18)5-4-6-14(12)21-15-8-7-11(17)9-19-15/h4-9,20H,10H2,1-3H3. The lowest BCUT2D eigenvalue weighted by atomic mass is 10.1. The molecule has 21 heavy (non-hydrogen) atoms. The maximum atomic E-state index is 6.37. The van der Waals surface area contributed by atoms with Gasteiger partial charge >= 0.3 is 0 Å². The zero-order valence-corrected chi connectivity index (χ0v) is 15.4. The highest BCUT2D eigenvalue weighted by atomic mass is 79.9. The van der Waals surface area contributed by atoms with Crippen molar-refractivity contribution in [2.75, 3.05) is 0 Å². The van der Waals surface area contributed by atoms with Gasteiger partial charge in [0.25, 0.3) is 0 Å². The van der Waals surface area contributed by atoms with Crippen molar-refractivity contribution in [3.05, 3.63) is 51.6 Å². The summed E-state index contributed by atoms with van der Waals surface area (Å²) in [4.78, 5) is 5.54. The van der Waals surface area contributed by atoms with Crippen LogP contribution >= 0.6 is 39.3 Å². The van der Waals surface area contributed by atoms with Crippen LogP contribution in [0.3, 0.4) is 0 Å². The van der Waals surface area contributed by atoms with Crippen LogP contribution in [0.25, 0.3) is 0 Å². The van der Waals surface area contributed by atoms with E-state index >= 15 is 0 Å². The number of rotatable bonds is 4. The quantitative estimate of drug-likeness (QED) is 0.748. The van der Waals surface area contributed by atoms with Crippen molar-refractivity contribution in [1.29, 1.82) is 0 Å². The minimum absolute atomic E-state index is 0.0525. The smallest absolute Gasteiger partial charge is 0.101 e. The third-order valence-corrected chi connectivity index (χ3v) is 4.66. The van der Waals surface area contributed by atoms with Gasteiger partial charge in [-0.1, -0.05) is 29.4 Å². The Kier molecular flexibility index (Phi) is 5.72.